The Kier molecular flexibility index (Phi) is 3.82. The molecule has 0 spiro atoms. The van der Waals surface area contributed by atoms with E-state index < -0.39 is 0 Å². The summed E-state index contributed by atoms with van der Waals surface area (Å²) in [6.45, 7) is 0.846. The summed E-state index contributed by atoms with van der Waals surface area (Å²) >= 11 is 11.8. The third kappa shape index (κ3) is 2.09. The summed E-state index contributed by atoms with van der Waals surface area (Å²) < 4.78 is 5.23. The van der Waals surface area contributed by atoms with E-state index in [-0.39, 0.29) is 0 Å². The zero-order valence-electron chi connectivity index (χ0n) is 9.25. The molecule has 88 valence electrons. The third-order valence-electron chi connectivity index (χ3n) is 3.00. The maximum atomic E-state index is 5.99. The van der Waals surface area contributed by atoms with Crippen LogP contribution < -0.4 is 9.64 Å². The minimum absolute atomic E-state index is 0.363. The zero-order chi connectivity index (χ0) is 11.5. The highest BCUT2D eigenvalue weighted by molar-refractivity contribution is 6.19. The van der Waals surface area contributed by atoms with E-state index in [2.05, 4.69) is 17.0 Å². The molecule has 4 heteroatoms. The molecule has 2 nitrogen and oxygen atoms in total. The molecule has 0 amide bonds. The smallest absolute Gasteiger partial charge is 0.119 e. The van der Waals surface area contributed by atoms with Gasteiger partial charge in [0.25, 0.3) is 0 Å². The Morgan fingerprint density at radius 3 is 2.88 bits per heavy atom. The Bertz CT molecular complexity index is 370. The largest absolute Gasteiger partial charge is 0.497 e. The Balaban J connectivity index is 2.29. The molecule has 0 saturated heterocycles. The molecule has 1 aromatic carbocycles. The van der Waals surface area contributed by atoms with Crippen LogP contribution in [0.2, 0.25) is 0 Å². The lowest BCUT2D eigenvalue weighted by molar-refractivity contribution is 0.414. The molecule has 0 aliphatic carbocycles. The molecule has 1 aliphatic rings. The predicted octanol–water partition coefficient (Wildman–Crippen LogP) is 2.90. The van der Waals surface area contributed by atoms with Crippen LogP contribution in [-0.4, -0.2) is 31.5 Å². The van der Waals surface area contributed by atoms with E-state index in [0.29, 0.717) is 17.8 Å². The van der Waals surface area contributed by atoms with Crippen LogP contribution >= 0.6 is 23.2 Å². The van der Waals surface area contributed by atoms with Gasteiger partial charge < -0.3 is 9.64 Å². The van der Waals surface area contributed by atoms with E-state index >= 15 is 0 Å². The quantitative estimate of drug-likeness (QED) is 0.772. The van der Waals surface area contributed by atoms with Crippen molar-refractivity contribution in [1.29, 1.82) is 0 Å². The van der Waals surface area contributed by atoms with Crippen LogP contribution in [0.1, 0.15) is 5.56 Å². The Morgan fingerprint density at radius 2 is 2.25 bits per heavy atom. The first-order valence-corrected chi connectivity index (χ1v) is 6.42. The van der Waals surface area contributed by atoms with E-state index in [4.69, 9.17) is 27.9 Å². The number of fused-ring (bicyclic) bond motifs is 1. The lowest BCUT2D eigenvalue weighted by atomic mass is 10.1. The maximum Gasteiger partial charge on any atom is 0.119 e. The van der Waals surface area contributed by atoms with Crippen LogP contribution in [0.3, 0.4) is 0 Å². The third-order valence-corrected chi connectivity index (χ3v) is 3.52. The van der Waals surface area contributed by atoms with Crippen LogP contribution in [0.4, 0.5) is 5.69 Å². The van der Waals surface area contributed by atoms with Crippen molar-refractivity contribution in [2.24, 2.45) is 0 Å². The highest BCUT2D eigenvalue weighted by Crippen LogP contribution is 2.34. The molecule has 1 heterocycles. The normalized spacial score (nSPS) is 18.7. The lowest BCUT2D eigenvalue weighted by Crippen LogP contribution is -2.34. The van der Waals surface area contributed by atoms with Gasteiger partial charge in [-0.15, -0.1) is 23.2 Å². The van der Waals surface area contributed by atoms with Crippen molar-refractivity contribution >= 4 is 28.9 Å². The first-order chi connectivity index (χ1) is 7.80. The highest BCUT2D eigenvalue weighted by atomic mass is 35.5. The molecule has 0 fully saturated rings. The number of ether oxygens (including phenoxy) is 1. The number of methoxy groups -OCH3 is 1. The maximum absolute atomic E-state index is 5.99. The summed E-state index contributed by atoms with van der Waals surface area (Å²) in [7, 11) is 1.69. The van der Waals surface area contributed by atoms with Gasteiger partial charge in [-0.2, -0.15) is 0 Å². The molecule has 0 N–H and O–H groups in total. The van der Waals surface area contributed by atoms with Crippen LogP contribution in [0.15, 0.2) is 18.2 Å². The van der Waals surface area contributed by atoms with Crippen molar-refractivity contribution < 1.29 is 4.74 Å². The van der Waals surface area contributed by atoms with Gasteiger partial charge in [-0.3, -0.25) is 0 Å². The summed E-state index contributed by atoms with van der Waals surface area (Å²) in [5.41, 5.74) is 2.54. The summed E-state index contributed by atoms with van der Waals surface area (Å²) in [6, 6.07) is 6.52. The molecule has 0 saturated carbocycles. The summed E-state index contributed by atoms with van der Waals surface area (Å²) in [5, 5.41) is 0. The van der Waals surface area contributed by atoms with Crippen LogP contribution in [0, 0.1) is 0 Å². The fourth-order valence-electron chi connectivity index (χ4n) is 2.23. The van der Waals surface area contributed by atoms with Crippen LogP contribution in [0.5, 0.6) is 5.75 Å². The molecule has 0 radical (unpaired) electrons. The first-order valence-electron chi connectivity index (χ1n) is 5.35. The van der Waals surface area contributed by atoms with Crippen molar-refractivity contribution in [2.75, 3.05) is 30.3 Å². The van der Waals surface area contributed by atoms with Crippen molar-refractivity contribution in [3.8, 4) is 5.75 Å². The van der Waals surface area contributed by atoms with Gasteiger partial charge in [-0.05, 0) is 30.2 Å². The number of hydrogen-bond acceptors (Lipinski definition) is 2. The van der Waals surface area contributed by atoms with Gasteiger partial charge in [0.2, 0.25) is 0 Å². The Hall–Kier alpha value is -0.600. The minimum Gasteiger partial charge on any atom is -0.497 e. The number of rotatable bonds is 4. The van der Waals surface area contributed by atoms with Gasteiger partial charge in [-0.25, -0.2) is 0 Å². The lowest BCUT2D eigenvalue weighted by Gasteiger charge is -2.25. The first kappa shape index (κ1) is 11.9. The Labute approximate surface area is 106 Å². The van der Waals surface area contributed by atoms with E-state index in [9.17, 15) is 0 Å². The van der Waals surface area contributed by atoms with Crippen molar-refractivity contribution in [2.45, 2.75) is 12.5 Å². The fraction of sp³-hybridized carbons (Fsp3) is 0.500. The monoisotopic (exact) mass is 259 g/mol. The number of halogens is 2. The van der Waals surface area contributed by atoms with Crippen LogP contribution in [-0.2, 0) is 6.42 Å². The van der Waals surface area contributed by atoms with Gasteiger partial charge in [0.1, 0.15) is 5.75 Å². The summed E-state index contributed by atoms with van der Waals surface area (Å²) in [4.78, 5) is 2.29. The second-order valence-electron chi connectivity index (χ2n) is 3.89. The van der Waals surface area contributed by atoms with Crippen LogP contribution in [0.25, 0.3) is 0 Å². The molecule has 2 rings (SSSR count). The number of hydrogen-bond donors (Lipinski definition) is 0. The summed E-state index contributed by atoms with van der Waals surface area (Å²) in [5.74, 6) is 2.16. The minimum atomic E-state index is 0.363. The highest BCUT2D eigenvalue weighted by Gasteiger charge is 2.28. The molecule has 1 aromatic rings. The molecule has 1 unspecified atom stereocenters. The van der Waals surface area contributed by atoms with E-state index in [0.717, 1.165) is 18.7 Å². The van der Waals surface area contributed by atoms with Gasteiger partial charge >= 0.3 is 0 Å². The average molecular weight is 260 g/mol. The molecular weight excluding hydrogens is 245 g/mol. The number of anilines is 1. The second-order valence-corrected chi connectivity index (χ2v) is 4.58. The molecular formula is C12H15Cl2NO. The topological polar surface area (TPSA) is 12.5 Å². The zero-order valence-corrected chi connectivity index (χ0v) is 10.8. The average Bonchev–Trinajstić information content (AvgIpc) is 2.67. The number of alkyl halides is 2. The van der Waals surface area contributed by atoms with Gasteiger partial charge in [0.05, 0.1) is 7.11 Å². The number of benzene rings is 1. The van der Waals surface area contributed by atoms with Gasteiger partial charge in [0, 0.05) is 30.0 Å². The Morgan fingerprint density at radius 1 is 1.44 bits per heavy atom. The fourth-order valence-corrected chi connectivity index (χ4v) is 2.68. The van der Waals surface area contributed by atoms with E-state index in [1.54, 1.807) is 7.11 Å². The van der Waals surface area contributed by atoms with Gasteiger partial charge in [0.15, 0.2) is 0 Å². The van der Waals surface area contributed by atoms with Crippen molar-refractivity contribution in [1.82, 2.24) is 0 Å². The van der Waals surface area contributed by atoms with Crippen molar-refractivity contribution in [3.63, 3.8) is 0 Å². The summed E-state index contributed by atoms with van der Waals surface area (Å²) in [6.07, 6.45) is 0.979. The van der Waals surface area contributed by atoms with E-state index in [1.165, 1.54) is 11.3 Å². The predicted molar refractivity (Wildman–Crippen MR) is 69.3 cm³/mol. The molecule has 1 atom stereocenters. The van der Waals surface area contributed by atoms with Gasteiger partial charge in [-0.1, -0.05) is 0 Å². The van der Waals surface area contributed by atoms with Crippen molar-refractivity contribution in [3.05, 3.63) is 23.8 Å². The molecule has 0 aromatic heterocycles. The molecule has 0 bridgehead atoms. The standard InChI is InChI=1S/C12H15Cl2NO/c1-16-11-2-3-12-9(7-11)6-10(8-14)15(12)5-4-13/h2-3,7,10H,4-6,8H2,1H3. The molecule has 16 heavy (non-hydrogen) atoms. The molecule has 1 aliphatic heterocycles. The van der Waals surface area contributed by atoms with E-state index in [1.807, 2.05) is 6.07 Å². The second kappa shape index (κ2) is 5.15. The SMILES string of the molecule is COc1ccc2c(c1)CC(CCl)N2CCCl. The number of nitrogens with zero attached hydrogens (tertiary/aromatic N) is 1.